The number of aryl methyl sites for hydroxylation is 1. The summed E-state index contributed by atoms with van der Waals surface area (Å²) in [7, 11) is 1.62. The second-order valence-corrected chi connectivity index (χ2v) is 14.3. The Bertz CT molecular complexity index is 1820. The smallest absolute Gasteiger partial charge is 0.306 e. The molecule has 1 aliphatic heterocycles. The first-order valence-corrected chi connectivity index (χ1v) is 17.1. The van der Waals surface area contributed by atoms with Gasteiger partial charge in [0.05, 0.1) is 17.0 Å². The first-order chi connectivity index (χ1) is 22.4. The molecule has 0 fully saturated rings. The van der Waals surface area contributed by atoms with Gasteiger partial charge in [-0.1, -0.05) is 33.3 Å². The highest BCUT2D eigenvalue weighted by molar-refractivity contribution is 7.99. The van der Waals surface area contributed by atoms with Crippen molar-refractivity contribution < 1.29 is 19.0 Å². The fourth-order valence-electron chi connectivity index (χ4n) is 5.96. The van der Waals surface area contributed by atoms with E-state index in [1.54, 1.807) is 32.3 Å². The third kappa shape index (κ3) is 7.84. The molecule has 2 bridgehead atoms. The Kier molecular flexibility index (Phi) is 10.3. The van der Waals surface area contributed by atoms with E-state index in [0.29, 0.717) is 48.1 Å². The van der Waals surface area contributed by atoms with Crippen LogP contribution in [0.15, 0.2) is 64.8 Å². The molecule has 0 aliphatic carbocycles. The minimum atomic E-state index is -0.868. The van der Waals surface area contributed by atoms with Gasteiger partial charge in [-0.3, -0.25) is 19.8 Å². The lowest BCUT2D eigenvalue weighted by Crippen LogP contribution is -2.40. The number of carboxylic acid groups (broad SMARTS) is 1. The number of carboxylic acids is 1. The molecule has 0 amide bonds. The van der Waals surface area contributed by atoms with Crippen molar-refractivity contribution >= 4 is 40.3 Å². The molecule has 3 aromatic heterocycles. The van der Waals surface area contributed by atoms with Crippen LogP contribution in [-0.4, -0.2) is 56.3 Å². The van der Waals surface area contributed by atoms with E-state index in [2.05, 4.69) is 28.8 Å². The summed E-state index contributed by atoms with van der Waals surface area (Å²) in [4.78, 5) is 33.4. The van der Waals surface area contributed by atoms with Crippen LogP contribution in [0.4, 0.5) is 4.39 Å². The second kappa shape index (κ2) is 14.3. The molecule has 4 N–H and O–H groups in total. The van der Waals surface area contributed by atoms with Crippen molar-refractivity contribution in [2.24, 2.45) is 27.1 Å². The van der Waals surface area contributed by atoms with Crippen LogP contribution in [0.3, 0.4) is 0 Å². The predicted molar refractivity (Wildman–Crippen MR) is 187 cm³/mol. The molecule has 1 aliphatic rings. The number of halogens is 1. The number of rotatable bonds is 4. The number of thioether (sulfide) groups is 1. The lowest BCUT2D eigenvalue weighted by molar-refractivity contribution is -0.141. The van der Waals surface area contributed by atoms with Crippen LogP contribution in [0.25, 0.3) is 10.9 Å². The molecule has 0 radical (unpaired) electrons. The van der Waals surface area contributed by atoms with Crippen LogP contribution in [0.1, 0.15) is 69.6 Å². The number of nitrogens with one attached hydrogen (secondary N) is 1. The molecule has 1 aromatic carbocycles. The monoisotopic (exact) mass is 658 g/mol. The van der Waals surface area contributed by atoms with Gasteiger partial charge in [0.25, 0.3) is 0 Å². The summed E-state index contributed by atoms with van der Waals surface area (Å²) >= 11 is 1.85. The van der Waals surface area contributed by atoms with Crippen LogP contribution in [0.2, 0.25) is 0 Å². The Hall–Kier alpha value is -4.25. The number of aromatic amines is 1. The molecule has 2 atom stereocenters. The number of aliphatic imine (C=N–C) groups is 2. The predicted octanol–water partition coefficient (Wildman–Crippen LogP) is 7.33. The SMILES string of the molecule is CN=C1N=C(N)C(C)(c2cccc(CC(C)C(=O)O)n2)CCCC(C)(C)CSCCc2c(c(F)cc3[nH]ccc23)Oc2ccnc1c2. The summed E-state index contributed by atoms with van der Waals surface area (Å²) in [5.74, 6) is 1.07. The molecule has 5 rings (SSSR count). The fourth-order valence-corrected chi connectivity index (χ4v) is 7.15. The van der Waals surface area contributed by atoms with E-state index in [0.717, 1.165) is 46.5 Å². The topological polar surface area (TPSA) is 139 Å². The first-order valence-electron chi connectivity index (χ1n) is 15.9. The van der Waals surface area contributed by atoms with Crippen molar-refractivity contribution in [1.29, 1.82) is 0 Å². The summed E-state index contributed by atoms with van der Waals surface area (Å²) in [5.41, 5.74) is 9.52. The number of H-pyrrole nitrogens is 1. The van der Waals surface area contributed by atoms with Crippen molar-refractivity contribution in [3.8, 4) is 11.5 Å². The molecule has 4 heterocycles. The number of benzene rings is 1. The highest BCUT2D eigenvalue weighted by Crippen LogP contribution is 2.38. The number of fused-ring (bicyclic) bond motifs is 5. The van der Waals surface area contributed by atoms with Gasteiger partial charge in [-0.05, 0) is 67.4 Å². The number of hydrogen-bond donors (Lipinski definition) is 3. The van der Waals surface area contributed by atoms with Crippen LogP contribution in [0, 0.1) is 17.2 Å². The molecule has 9 nitrogen and oxygen atoms in total. The number of aliphatic carboxylic acids is 1. The van der Waals surface area contributed by atoms with E-state index in [4.69, 9.17) is 20.4 Å². The van der Waals surface area contributed by atoms with E-state index in [1.165, 1.54) is 6.07 Å². The molecule has 47 heavy (non-hydrogen) atoms. The van der Waals surface area contributed by atoms with E-state index < -0.39 is 23.1 Å². The Balaban J connectivity index is 1.58. The number of carbonyl (C=O) groups is 1. The zero-order valence-corrected chi connectivity index (χ0v) is 28.5. The zero-order chi connectivity index (χ0) is 33.8. The zero-order valence-electron chi connectivity index (χ0n) is 27.6. The summed E-state index contributed by atoms with van der Waals surface area (Å²) in [5, 5.41) is 10.4. The Labute approximate surface area is 279 Å². The van der Waals surface area contributed by atoms with Gasteiger partial charge in [0.2, 0.25) is 0 Å². The van der Waals surface area contributed by atoms with E-state index >= 15 is 4.39 Å². The molecule has 4 aromatic rings. The minimum absolute atomic E-state index is 0.0250. The fraction of sp³-hybridized carbons (Fsp3) is 0.417. The minimum Gasteiger partial charge on any atom is -0.481 e. The number of aromatic nitrogens is 3. The van der Waals surface area contributed by atoms with Gasteiger partial charge in [0, 0.05) is 60.2 Å². The van der Waals surface area contributed by atoms with E-state index in [-0.39, 0.29) is 11.2 Å². The van der Waals surface area contributed by atoms with Crippen molar-refractivity contribution in [2.75, 3.05) is 18.6 Å². The van der Waals surface area contributed by atoms with Crippen molar-refractivity contribution in [3.63, 3.8) is 0 Å². The quantitative estimate of drug-likeness (QED) is 0.209. The standard InChI is InChI=1S/C36H43FN6O3S/c1-22(33(44)45)18-23-8-6-9-30(42-23)36(4)14-7-13-35(2,3)21-47-17-12-26-25-11-16-40-28(25)20-27(37)31(26)46-24-10-15-41-29(19-24)32(39-5)43-34(36)38/h6,8-11,15-16,19-20,22,40H,7,12-14,17-18,21H2,1-5H3,(H,44,45)(H2,38,39,43). The number of hydrogen-bond acceptors (Lipinski definition) is 7. The molecular formula is C36H43FN6O3S. The molecule has 248 valence electrons. The van der Waals surface area contributed by atoms with Crippen LogP contribution < -0.4 is 10.5 Å². The van der Waals surface area contributed by atoms with Gasteiger partial charge in [-0.2, -0.15) is 11.8 Å². The van der Waals surface area contributed by atoms with Crippen molar-refractivity contribution in [3.05, 3.63) is 83.3 Å². The third-order valence-electron chi connectivity index (χ3n) is 8.88. The maximum absolute atomic E-state index is 15.6. The average molecular weight is 659 g/mol. The van der Waals surface area contributed by atoms with Crippen LogP contribution >= 0.6 is 11.8 Å². The lowest BCUT2D eigenvalue weighted by Gasteiger charge is -2.31. The Morgan fingerprint density at radius 3 is 2.79 bits per heavy atom. The van der Waals surface area contributed by atoms with Gasteiger partial charge in [-0.15, -0.1) is 0 Å². The summed E-state index contributed by atoms with van der Waals surface area (Å²) < 4.78 is 21.8. The van der Waals surface area contributed by atoms with Gasteiger partial charge >= 0.3 is 5.97 Å². The molecular weight excluding hydrogens is 616 g/mol. The molecule has 0 saturated carbocycles. The maximum atomic E-state index is 15.6. The van der Waals surface area contributed by atoms with Crippen molar-refractivity contribution in [2.45, 2.75) is 65.2 Å². The average Bonchev–Trinajstić information content (AvgIpc) is 3.50. The lowest BCUT2D eigenvalue weighted by atomic mass is 9.77. The van der Waals surface area contributed by atoms with Gasteiger partial charge in [0.15, 0.2) is 17.4 Å². The highest BCUT2D eigenvalue weighted by atomic mass is 32.2. The third-order valence-corrected chi connectivity index (χ3v) is 10.4. The summed E-state index contributed by atoms with van der Waals surface area (Å²) in [6, 6.07) is 12.5. The van der Waals surface area contributed by atoms with Crippen molar-refractivity contribution in [1.82, 2.24) is 15.0 Å². The number of amidine groups is 2. The Morgan fingerprint density at radius 1 is 1.21 bits per heavy atom. The van der Waals surface area contributed by atoms with Crippen LogP contribution in [0.5, 0.6) is 11.5 Å². The second-order valence-electron chi connectivity index (χ2n) is 13.2. The first kappa shape index (κ1) is 34.1. The molecule has 11 heteroatoms. The number of nitrogens with two attached hydrogens (primary N) is 1. The number of ether oxygens (including phenoxy) is 1. The van der Waals surface area contributed by atoms with Crippen LogP contribution in [-0.2, 0) is 23.1 Å². The molecule has 0 saturated heterocycles. The Morgan fingerprint density at radius 2 is 2.02 bits per heavy atom. The van der Waals surface area contributed by atoms with Gasteiger partial charge < -0.3 is 20.6 Å². The normalized spacial score (nSPS) is 20.8. The maximum Gasteiger partial charge on any atom is 0.306 e. The van der Waals surface area contributed by atoms with Gasteiger partial charge in [0.1, 0.15) is 17.3 Å². The van der Waals surface area contributed by atoms with Gasteiger partial charge in [-0.25, -0.2) is 9.38 Å². The highest BCUT2D eigenvalue weighted by Gasteiger charge is 2.34. The van der Waals surface area contributed by atoms with E-state index in [9.17, 15) is 9.90 Å². The largest absolute Gasteiger partial charge is 0.481 e. The number of nitrogens with zero attached hydrogens (tertiary/aromatic N) is 4. The number of pyridine rings is 2. The van der Waals surface area contributed by atoms with E-state index in [1.807, 2.05) is 49.1 Å². The summed E-state index contributed by atoms with van der Waals surface area (Å²) in [6.07, 6.45) is 6.81. The molecule has 0 spiro atoms. The molecule has 2 unspecified atom stereocenters. The summed E-state index contributed by atoms with van der Waals surface area (Å²) in [6.45, 7) is 8.23.